The highest BCUT2D eigenvalue weighted by molar-refractivity contribution is 7.89. The van der Waals surface area contributed by atoms with Gasteiger partial charge < -0.3 is 4.90 Å². The Morgan fingerprint density at radius 3 is 2.26 bits per heavy atom. The van der Waals surface area contributed by atoms with Crippen LogP contribution in [0.4, 0.5) is 0 Å². The molecule has 0 aliphatic heterocycles. The molecule has 0 saturated carbocycles. The van der Waals surface area contributed by atoms with E-state index in [0.717, 1.165) is 10.4 Å². The molecule has 27 heavy (non-hydrogen) atoms. The van der Waals surface area contributed by atoms with Crippen molar-refractivity contribution in [1.29, 1.82) is 0 Å². The van der Waals surface area contributed by atoms with Crippen LogP contribution in [-0.2, 0) is 21.4 Å². The number of amides is 1. The molecule has 0 aliphatic rings. The van der Waals surface area contributed by atoms with Crippen molar-refractivity contribution in [2.75, 3.05) is 20.1 Å². The Bertz CT molecular complexity index is 901. The minimum Gasteiger partial charge on any atom is -0.337 e. The van der Waals surface area contributed by atoms with Crippen LogP contribution in [0.2, 0.25) is 4.34 Å². The molecule has 0 radical (unpaired) electrons. The first-order valence-electron chi connectivity index (χ1n) is 8.55. The number of carbonyl (C=O) groups excluding carboxylic acids is 1. The number of halogens is 1. The molecule has 1 amide bonds. The summed E-state index contributed by atoms with van der Waals surface area (Å²) in [5.74, 6) is -0.139. The highest BCUT2D eigenvalue weighted by Crippen LogP contribution is 2.22. The van der Waals surface area contributed by atoms with Crippen molar-refractivity contribution in [3.8, 4) is 0 Å². The van der Waals surface area contributed by atoms with Gasteiger partial charge >= 0.3 is 0 Å². The van der Waals surface area contributed by atoms with Crippen molar-refractivity contribution in [2.45, 2.75) is 25.3 Å². The highest BCUT2D eigenvalue weighted by Gasteiger charge is 2.20. The van der Waals surface area contributed by atoms with Gasteiger partial charge in [-0.2, -0.15) is 4.31 Å². The zero-order valence-electron chi connectivity index (χ0n) is 15.6. The number of hydrogen-bond acceptors (Lipinski definition) is 4. The summed E-state index contributed by atoms with van der Waals surface area (Å²) in [6.45, 7) is 4.96. The zero-order valence-corrected chi connectivity index (χ0v) is 17.9. The van der Waals surface area contributed by atoms with Crippen molar-refractivity contribution in [3.63, 3.8) is 0 Å². The monoisotopic (exact) mass is 426 g/mol. The van der Waals surface area contributed by atoms with Gasteiger partial charge in [-0.05, 0) is 35.9 Å². The standard InChI is InChI=1S/C19H23ClN2O3S2/c1-4-22(5-2)27(24,25)17-10-6-15(7-11-17)8-13-19(23)21(3)14-16-9-12-18(20)26-16/h6-13H,4-5,14H2,1-3H3/b13-8+. The van der Waals surface area contributed by atoms with Crippen LogP contribution in [0.5, 0.6) is 0 Å². The van der Waals surface area contributed by atoms with Crippen LogP contribution in [0, 0.1) is 0 Å². The second kappa shape index (κ2) is 9.50. The lowest BCUT2D eigenvalue weighted by Gasteiger charge is -2.18. The summed E-state index contributed by atoms with van der Waals surface area (Å²) < 4.78 is 27.1. The van der Waals surface area contributed by atoms with Gasteiger partial charge in [0, 0.05) is 31.1 Å². The quantitative estimate of drug-likeness (QED) is 0.597. The fourth-order valence-electron chi connectivity index (χ4n) is 2.51. The molecule has 0 spiro atoms. The maximum atomic E-state index is 12.5. The van der Waals surface area contributed by atoms with E-state index < -0.39 is 10.0 Å². The lowest BCUT2D eigenvalue weighted by molar-refractivity contribution is -0.125. The van der Waals surface area contributed by atoms with Gasteiger partial charge in [-0.3, -0.25) is 4.79 Å². The third-order valence-corrected chi connectivity index (χ3v) is 7.32. The number of thiophene rings is 1. The fourth-order valence-corrected chi connectivity index (χ4v) is 5.11. The maximum Gasteiger partial charge on any atom is 0.246 e. The summed E-state index contributed by atoms with van der Waals surface area (Å²) in [4.78, 5) is 15.1. The van der Waals surface area contributed by atoms with E-state index in [1.807, 2.05) is 26.0 Å². The number of hydrogen-bond donors (Lipinski definition) is 0. The predicted octanol–water partition coefficient (Wildman–Crippen LogP) is 4.10. The van der Waals surface area contributed by atoms with E-state index in [9.17, 15) is 13.2 Å². The highest BCUT2D eigenvalue weighted by atomic mass is 35.5. The molecular formula is C19H23ClN2O3S2. The van der Waals surface area contributed by atoms with Gasteiger partial charge in [-0.15, -0.1) is 11.3 Å². The Kier molecular flexibility index (Phi) is 7.61. The number of sulfonamides is 1. The van der Waals surface area contributed by atoms with Gasteiger partial charge in [0.15, 0.2) is 0 Å². The minimum absolute atomic E-state index is 0.139. The van der Waals surface area contributed by atoms with E-state index in [4.69, 9.17) is 11.6 Å². The predicted molar refractivity (Wildman–Crippen MR) is 111 cm³/mol. The van der Waals surface area contributed by atoms with E-state index in [1.165, 1.54) is 21.7 Å². The summed E-state index contributed by atoms with van der Waals surface area (Å²) in [7, 11) is -1.75. The summed E-state index contributed by atoms with van der Waals surface area (Å²) in [6.07, 6.45) is 3.15. The second-order valence-corrected chi connectivity index (χ2v) is 9.63. The van der Waals surface area contributed by atoms with Gasteiger partial charge in [0.25, 0.3) is 0 Å². The van der Waals surface area contributed by atoms with E-state index >= 15 is 0 Å². The summed E-state index contributed by atoms with van der Waals surface area (Å²) in [6, 6.07) is 10.2. The average molecular weight is 427 g/mol. The van der Waals surface area contributed by atoms with Gasteiger partial charge in [-0.1, -0.05) is 37.6 Å². The van der Waals surface area contributed by atoms with Crippen LogP contribution in [0.15, 0.2) is 47.4 Å². The molecule has 2 rings (SSSR count). The van der Waals surface area contributed by atoms with Crippen LogP contribution in [0.25, 0.3) is 6.08 Å². The average Bonchev–Trinajstić information content (AvgIpc) is 3.05. The number of likely N-dealkylation sites (N-methyl/N-ethyl adjacent to an activating group) is 1. The fraction of sp³-hybridized carbons (Fsp3) is 0.316. The molecule has 0 aliphatic carbocycles. The van der Waals surface area contributed by atoms with E-state index in [2.05, 4.69) is 0 Å². The molecule has 5 nitrogen and oxygen atoms in total. The number of benzene rings is 1. The number of rotatable bonds is 8. The van der Waals surface area contributed by atoms with Crippen molar-refractivity contribution in [3.05, 3.63) is 57.3 Å². The van der Waals surface area contributed by atoms with Gasteiger partial charge in [0.05, 0.1) is 15.8 Å². The van der Waals surface area contributed by atoms with Crippen LogP contribution < -0.4 is 0 Å². The first-order valence-corrected chi connectivity index (χ1v) is 11.2. The summed E-state index contributed by atoms with van der Waals surface area (Å²) >= 11 is 7.35. The van der Waals surface area contributed by atoms with Crippen molar-refractivity contribution in [2.24, 2.45) is 0 Å². The van der Waals surface area contributed by atoms with Crippen LogP contribution >= 0.6 is 22.9 Å². The van der Waals surface area contributed by atoms with Gasteiger partial charge in [-0.25, -0.2) is 8.42 Å². The smallest absolute Gasteiger partial charge is 0.246 e. The Labute approximate surface area is 169 Å². The number of carbonyl (C=O) groups is 1. The molecule has 0 atom stereocenters. The third kappa shape index (κ3) is 5.65. The van der Waals surface area contributed by atoms with Crippen LogP contribution in [0.3, 0.4) is 0 Å². The Morgan fingerprint density at radius 2 is 1.74 bits per heavy atom. The third-order valence-electron chi connectivity index (χ3n) is 4.04. The lowest BCUT2D eigenvalue weighted by Crippen LogP contribution is -2.30. The molecule has 1 aromatic carbocycles. The SMILES string of the molecule is CCN(CC)S(=O)(=O)c1ccc(/C=C/C(=O)N(C)Cc2ccc(Cl)s2)cc1. The lowest BCUT2D eigenvalue weighted by atomic mass is 10.2. The van der Waals surface area contributed by atoms with E-state index in [1.54, 1.807) is 42.3 Å². The molecule has 8 heteroatoms. The largest absolute Gasteiger partial charge is 0.337 e. The molecule has 1 aromatic heterocycles. The first kappa shape index (κ1) is 21.6. The van der Waals surface area contributed by atoms with E-state index in [0.29, 0.717) is 24.0 Å². The first-order chi connectivity index (χ1) is 12.8. The normalized spacial score (nSPS) is 12.0. The topological polar surface area (TPSA) is 57.7 Å². The minimum atomic E-state index is -3.47. The molecule has 0 unspecified atom stereocenters. The van der Waals surface area contributed by atoms with Crippen LogP contribution in [-0.4, -0.2) is 43.7 Å². The zero-order chi connectivity index (χ0) is 20.0. The molecule has 0 N–H and O–H groups in total. The Hall–Kier alpha value is -1.67. The Balaban J connectivity index is 2.03. The van der Waals surface area contributed by atoms with Crippen molar-refractivity contribution >= 4 is 44.9 Å². The second-order valence-electron chi connectivity index (χ2n) is 5.89. The van der Waals surface area contributed by atoms with Gasteiger partial charge in [0.2, 0.25) is 15.9 Å². The van der Waals surface area contributed by atoms with E-state index in [-0.39, 0.29) is 10.8 Å². The van der Waals surface area contributed by atoms with Gasteiger partial charge in [0.1, 0.15) is 0 Å². The molecule has 0 bridgehead atoms. The maximum absolute atomic E-state index is 12.5. The molecule has 0 saturated heterocycles. The molecule has 2 aromatic rings. The van der Waals surface area contributed by atoms with Crippen molar-refractivity contribution < 1.29 is 13.2 Å². The van der Waals surface area contributed by atoms with Crippen molar-refractivity contribution in [1.82, 2.24) is 9.21 Å². The van der Waals surface area contributed by atoms with Crippen LogP contribution in [0.1, 0.15) is 24.3 Å². The molecule has 1 heterocycles. The Morgan fingerprint density at radius 1 is 1.11 bits per heavy atom. The molecule has 0 fully saturated rings. The molecule has 146 valence electrons. The summed E-state index contributed by atoms with van der Waals surface area (Å²) in [5.41, 5.74) is 0.759. The summed E-state index contributed by atoms with van der Waals surface area (Å²) in [5, 5.41) is 0. The number of nitrogens with zero attached hydrogens (tertiary/aromatic N) is 2. The molecular weight excluding hydrogens is 404 g/mol.